The molecule has 0 atom stereocenters. The standard InChI is InChI=1S/C15H18N4O2/c20-15(21-10-12-4-2-1-3-5-12)13-6-8-14(9-7-13)19-11-16-17-18-19/h1-5,11,13-14H,6-10H2/t13-,14-. The van der Waals surface area contributed by atoms with E-state index in [0.717, 1.165) is 31.2 Å². The molecule has 6 nitrogen and oxygen atoms in total. The molecule has 1 saturated carbocycles. The van der Waals surface area contributed by atoms with Crippen LogP contribution in [0.1, 0.15) is 37.3 Å². The summed E-state index contributed by atoms with van der Waals surface area (Å²) in [5, 5.41) is 11.2. The largest absolute Gasteiger partial charge is 0.461 e. The smallest absolute Gasteiger partial charge is 0.309 e. The van der Waals surface area contributed by atoms with Crippen LogP contribution >= 0.6 is 0 Å². The molecule has 1 aliphatic carbocycles. The van der Waals surface area contributed by atoms with Gasteiger partial charge in [0, 0.05) is 0 Å². The summed E-state index contributed by atoms with van der Waals surface area (Å²) in [6.07, 6.45) is 5.13. The molecule has 2 aromatic rings. The zero-order chi connectivity index (χ0) is 14.5. The molecule has 110 valence electrons. The van der Waals surface area contributed by atoms with Crippen LogP contribution in [0.4, 0.5) is 0 Å². The van der Waals surface area contributed by atoms with Gasteiger partial charge in [-0.05, 0) is 41.7 Å². The average molecular weight is 286 g/mol. The maximum Gasteiger partial charge on any atom is 0.309 e. The van der Waals surface area contributed by atoms with Crippen LogP contribution < -0.4 is 0 Å². The van der Waals surface area contributed by atoms with Gasteiger partial charge in [-0.1, -0.05) is 30.3 Å². The Balaban J connectivity index is 1.47. The fourth-order valence-electron chi connectivity index (χ4n) is 2.76. The number of tetrazole rings is 1. The van der Waals surface area contributed by atoms with E-state index in [9.17, 15) is 4.79 Å². The molecular formula is C15H18N4O2. The van der Waals surface area contributed by atoms with Gasteiger partial charge < -0.3 is 4.74 Å². The number of hydrogen-bond acceptors (Lipinski definition) is 5. The van der Waals surface area contributed by atoms with Crippen molar-refractivity contribution < 1.29 is 9.53 Å². The Kier molecular flexibility index (Phi) is 4.23. The third-order valence-corrected chi connectivity index (χ3v) is 3.99. The van der Waals surface area contributed by atoms with Crippen molar-refractivity contribution >= 4 is 5.97 Å². The molecule has 0 amide bonds. The van der Waals surface area contributed by atoms with E-state index < -0.39 is 0 Å². The summed E-state index contributed by atoms with van der Waals surface area (Å²) in [7, 11) is 0. The predicted octanol–water partition coefficient (Wildman–Crippen LogP) is 2.15. The van der Waals surface area contributed by atoms with E-state index in [4.69, 9.17) is 4.74 Å². The van der Waals surface area contributed by atoms with Gasteiger partial charge in [0.2, 0.25) is 0 Å². The minimum atomic E-state index is -0.0889. The van der Waals surface area contributed by atoms with E-state index in [1.54, 1.807) is 11.0 Å². The van der Waals surface area contributed by atoms with E-state index in [1.807, 2.05) is 30.3 Å². The van der Waals surface area contributed by atoms with Gasteiger partial charge >= 0.3 is 5.97 Å². The number of ether oxygens (including phenoxy) is 1. The molecule has 0 N–H and O–H groups in total. The molecule has 0 spiro atoms. The summed E-state index contributed by atoms with van der Waals surface area (Å²) in [4.78, 5) is 12.1. The van der Waals surface area contributed by atoms with Gasteiger partial charge in [0.15, 0.2) is 0 Å². The Morgan fingerprint density at radius 3 is 2.62 bits per heavy atom. The van der Waals surface area contributed by atoms with Gasteiger partial charge in [0.25, 0.3) is 0 Å². The Morgan fingerprint density at radius 2 is 1.95 bits per heavy atom. The number of rotatable bonds is 4. The average Bonchev–Trinajstić information content (AvgIpc) is 3.08. The van der Waals surface area contributed by atoms with Crippen molar-refractivity contribution in [2.24, 2.45) is 5.92 Å². The topological polar surface area (TPSA) is 69.9 Å². The lowest BCUT2D eigenvalue weighted by atomic mass is 9.86. The first kappa shape index (κ1) is 13.7. The summed E-state index contributed by atoms with van der Waals surface area (Å²) >= 11 is 0. The van der Waals surface area contributed by atoms with Crippen molar-refractivity contribution in [3.05, 3.63) is 42.2 Å². The third-order valence-electron chi connectivity index (χ3n) is 3.99. The highest BCUT2D eigenvalue weighted by atomic mass is 16.5. The van der Waals surface area contributed by atoms with Gasteiger partial charge in [-0.25, -0.2) is 4.68 Å². The highest BCUT2D eigenvalue weighted by Crippen LogP contribution is 2.32. The lowest BCUT2D eigenvalue weighted by Crippen LogP contribution is -2.25. The molecule has 1 aromatic carbocycles. The monoisotopic (exact) mass is 286 g/mol. The van der Waals surface area contributed by atoms with Crippen molar-refractivity contribution in [1.29, 1.82) is 0 Å². The normalized spacial score (nSPS) is 21.9. The van der Waals surface area contributed by atoms with E-state index in [1.165, 1.54) is 0 Å². The second kappa shape index (κ2) is 6.47. The molecule has 6 heteroatoms. The fourth-order valence-corrected chi connectivity index (χ4v) is 2.76. The summed E-state index contributed by atoms with van der Waals surface area (Å²) in [6.45, 7) is 0.354. The van der Waals surface area contributed by atoms with Crippen LogP contribution in [0.25, 0.3) is 0 Å². The molecule has 21 heavy (non-hydrogen) atoms. The van der Waals surface area contributed by atoms with Crippen LogP contribution in [-0.2, 0) is 16.1 Å². The molecule has 0 aliphatic heterocycles. The Hall–Kier alpha value is -2.24. The van der Waals surface area contributed by atoms with Crippen molar-refractivity contribution in [1.82, 2.24) is 20.2 Å². The van der Waals surface area contributed by atoms with Crippen molar-refractivity contribution in [2.75, 3.05) is 0 Å². The first-order chi connectivity index (χ1) is 10.3. The Morgan fingerprint density at radius 1 is 1.19 bits per heavy atom. The first-order valence-corrected chi connectivity index (χ1v) is 7.26. The number of esters is 1. The fraction of sp³-hybridized carbons (Fsp3) is 0.467. The van der Waals surface area contributed by atoms with Crippen LogP contribution in [0, 0.1) is 5.92 Å². The quantitative estimate of drug-likeness (QED) is 0.805. The van der Waals surface area contributed by atoms with Gasteiger partial charge in [0.1, 0.15) is 12.9 Å². The van der Waals surface area contributed by atoms with E-state index in [-0.39, 0.29) is 11.9 Å². The van der Waals surface area contributed by atoms with Gasteiger partial charge in [-0.2, -0.15) is 0 Å². The molecule has 3 rings (SSSR count). The second-order valence-corrected chi connectivity index (χ2v) is 5.39. The van der Waals surface area contributed by atoms with Crippen molar-refractivity contribution in [3.8, 4) is 0 Å². The van der Waals surface area contributed by atoms with Crippen LogP contribution in [0.5, 0.6) is 0 Å². The molecule has 0 unspecified atom stereocenters. The highest BCUT2D eigenvalue weighted by molar-refractivity contribution is 5.72. The summed E-state index contributed by atoms with van der Waals surface area (Å²) in [6, 6.07) is 10.1. The number of hydrogen-bond donors (Lipinski definition) is 0. The van der Waals surface area contributed by atoms with Crippen LogP contribution in [0.3, 0.4) is 0 Å². The number of carbonyl (C=O) groups is 1. The number of nitrogens with zero attached hydrogens (tertiary/aromatic N) is 4. The molecule has 0 bridgehead atoms. The number of carbonyl (C=O) groups excluding carboxylic acids is 1. The van der Waals surface area contributed by atoms with Gasteiger partial charge in [-0.3, -0.25) is 4.79 Å². The minimum absolute atomic E-state index is 0.00134. The van der Waals surface area contributed by atoms with Crippen LogP contribution in [0.15, 0.2) is 36.7 Å². The third kappa shape index (κ3) is 3.45. The van der Waals surface area contributed by atoms with Crippen LogP contribution in [0.2, 0.25) is 0 Å². The van der Waals surface area contributed by atoms with Crippen LogP contribution in [-0.4, -0.2) is 26.2 Å². The number of aromatic nitrogens is 4. The summed E-state index contributed by atoms with van der Waals surface area (Å²) in [5.74, 6) is -0.0875. The number of benzene rings is 1. The lowest BCUT2D eigenvalue weighted by Gasteiger charge is -2.26. The van der Waals surface area contributed by atoms with Gasteiger partial charge in [0.05, 0.1) is 12.0 Å². The summed E-state index contributed by atoms with van der Waals surface area (Å²) < 4.78 is 7.19. The SMILES string of the molecule is O=C(OCc1ccccc1)[C@H]1CC[C@H](n2cnnn2)CC1. The molecule has 0 saturated heterocycles. The van der Waals surface area contributed by atoms with Crippen molar-refractivity contribution in [2.45, 2.75) is 38.3 Å². The van der Waals surface area contributed by atoms with E-state index in [0.29, 0.717) is 12.6 Å². The first-order valence-electron chi connectivity index (χ1n) is 7.26. The lowest BCUT2D eigenvalue weighted by molar-refractivity contribution is -0.151. The highest BCUT2D eigenvalue weighted by Gasteiger charge is 2.28. The molecular weight excluding hydrogens is 268 g/mol. The molecule has 1 fully saturated rings. The maximum absolute atomic E-state index is 12.1. The molecule has 1 aliphatic rings. The summed E-state index contributed by atoms with van der Waals surface area (Å²) in [5.41, 5.74) is 1.02. The van der Waals surface area contributed by atoms with E-state index in [2.05, 4.69) is 15.5 Å². The second-order valence-electron chi connectivity index (χ2n) is 5.39. The Bertz CT molecular complexity index is 563. The van der Waals surface area contributed by atoms with Crippen molar-refractivity contribution in [3.63, 3.8) is 0 Å². The van der Waals surface area contributed by atoms with Gasteiger partial charge in [-0.15, -0.1) is 5.10 Å². The molecule has 1 aromatic heterocycles. The Labute approximate surface area is 123 Å². The zero-order valence-electron chi connectivity index (χ0n) is 11.8. The van der Waals surface area contributed by atoms with E-state index >= 15 is 0 Å². The molecule has 1 heterocycles. The zero-order valence-corrected chi connectivity index (χ0v) is 11.8. The maximum atomic E-state index is 12.1. The predicted molar refractivity (Wildman–Crippen MR) is 75.1 cm³/mol. The molecule has 0 radical (unpaired) electrons. The minimum Gasteiger partial charge on any atom is -0.461 e.